The van der Waals surface area contributed by atoms with Crippen LogP contribution in [-0.4, -0.2) is 159 Å². The van der Waals surface area contributed by atoms with Gasteiger partial charge in [0.2, 0.25) is 0 Å². The number of methoxy groups -OCH3 is 3. The first-order chi connectivity index (χ1) is 57.3. The average molecular weight is 1700 g/mol. The van der Waals surface area contributed by atoms with E-state index in [2.05, 4.69) is 105 Å². The number of carboxylic acid groups (broad SMARTS) is 1. The molecule has 0 bridgehead atoms. The van der Waals surface area contributed by atoms with Crippen molar-refractivity contribution in [3.63, 3.8) is 0 Å². The van der Waals surface area contributed by atoms with Crippen molar-refractivity contribution in [3.05, 3.63) is 145 Å². The third-order valence-corrected chi connectivity index (χ3v) is 24.8. The molecule has 6 fully saturated rings. The number of carbonyl (C=O) groups excluding carboxylic acids is 8. The number of Topliss-reactive ketones (excluding diaryl/α,β-unsaturated/α-hetero) is 1. The molecule has 0 spiro atoms. The average Bonchev–Trinajstić information content (AvgIpc) is 1.68. The molecule has 3 saturated carbocycles. The van der Waals surface area contributed by atoms with Crippen molar-refractivity contribution in [1.29, 1.82) is 0 Å². The number of pyridine rings is 3. The molecule has 640 valence electrons. The zero-order chi connectivity index (χ0) is 85.7. The molecule has 9 aromatic rings. The van der Waals surface area contributed by atoms with Crippen molar-refractivity contribution in [2.45, 2.75) is 212 Å². The number of ketones is 1. The van der Waals surface area contributed by atoms with Crippen molar-refractivity contribution < 1.29 is 86.0 Å². The number of nitrogens with two attached hydrogens (primary N) is 1. The van der Waals surface area contributed by atoms with E-state index in [-0.39, 0.29) is 55.1 Å². The number of piperidine rings is 3. The molecule has 6 aliphatic rings. The second kappa shape index (κ2) is 41.6. The Labute approximate surface area is 730 Å². The summed E-state index contributed by atoms with van der Waals surface area (Å²) >= 11 is 5.09. The van der Waals surface area contributed by atoms with E-state index in [1.54, 1.807) is 119 Å². The molecule has 3 aromatic carbocycles. The van der Waals surface area contributed by atoms with Crippen LogP contribution in [0.3, 0.4) is 0 Å². The van der Waals surface area contributed by atoms with Crippen LogP contribution in [0.1, 0.15) is 229 Å². The van der Waals surface area contributed by atoms with Crippen LogP contribution in [0.4, 0.5) is 38.4 Å². The molecule has 9 heterocycles. The van der Waals surface area contributed by atoms with Gasteiger partial charge >= 0.3 is 54.7 Å². The predicted octanol–water partition coefficient (Wildman–Crippen LogP) is 12.0. The Balaban J connectivity index is 0.000000164. The van der Waals surface area contributed by atoms with Gasteiger partial charge in [-0.25, -0.2) is 39.5 Å². The molecule has 7 N–H and O–H groups in total. The van der Waals surface area contributed by atoms with E-state index in [9.17, 15) is 43.5 Å². The number of nitrogens with zero attached hydrogens (tertiary/aromatic N) is 8. The zero-order valence-corrected chi connectivity index (χ0v) is 74.0. The van der Waals surface area contributed by atoms with Gasteiger partial charge in [-0.1, -0.05) is 39.0 Å². The number of hydrogen-bond acceptors (Lipinski definition) is 25. The van der Waals surface area contributed by atoms with E-state index >= 15 is 0 Å². The number of ether oxygens (including phenoxy) is 5. The number of aliphatic carboxylic acids is 1. The first-order valence-corrected chi connectivity index (χ1v) is 43.9. The fourth-order valence-corrected chi connectivity index (χ4v) is 17.8. The number of nitrogen functional groups attached to an aromatic ring is 1. The summed E-state index contributed by atoms with van der Waals surface area (Å²) in [6.07, 6.45) is 17.4. The van der Waals surface area contributed by atoms with Crippen LogP contribution in [0.2, 0.25) is 0 Å². The minimum absolute atomic E-state index is 0. The molecule has 28 nitrogen and oxygen atoms in total. The van der Waals surface area contributed by atoms with Gasteiger partial charge in [0, 0.05) is 77.9 Å². The van der Waals surface area contributed by atoms with Gasteiger partial charge in [0.05, 0.1) is 101 Å². The van der Waals surface area contributed by atoms with Gasteiger partial charge in [-0.3, -0.25) is 34.6 Å². The molecular formula is C89H111LiN14O14S3. The van der Waals surface area contributed by atoms with E-state index in [0.717, 1.165) is 166 Å². The Kier molecular flexibility index (Phi) is 31.8. The van der Waals surface area contributed by atoms with Gasteiger partial charge in [-0.2, -0.15) is 0 Å². The number of carboxylic acids is 1. The molecule has 3 saturated heterocycles. The fourth-order valence-electron chi connectivity index (χ4n) is 15.0. The summed E-state index contributed by atoms with van der Waals surface area (Å²) in [5.41, 5.74) is 15.0. The number of thiazole rings is 3. The number of rotatable bonds is 22. The van der Waals surface area contributed by atoms with Gasteiger partial charge in [0.1, 0.15) is 34.6 Å². The number of benzene rings is 3. The van der Waals surface area contributed by atoms with E-state index in [0.29, 0.717) is 78.6 Å². The summed E-state index contributed by atoms with van der Waals surface area (Å²) < 4.78 is 29.5. The van der Waals surface area contributed by atoms with Gasteiger partial charge in [-0.05, 0) is 249 Å². The molecule has 3 aliphatic carbocycles. The standard InChI is InChI=1S/C31H39N5O5S.C26H31N5O3S.C16H20N2O5.C16H22N2OS.Li/c1-18-6-10-24(20-9-11-25-23(14-20)34-26(42-25)12-13-40-5)36(17-18)29(38)28(37)33-21-15-22(19-7-8-19)27(32-16-21)35-30(39)41-31(2,3)4;1-15-3-7-21(17-6-8-22-20(11-17)30-23(35-22)9-10-34-2)31(14-15)26(33)25(32)29-18-12-19(16-4-5-16)24(27)28-13-18;1-16(2,3)23-15(22)18-13-11(10-4-5-10)6-9(8-17-13)7-12(19)14(20)21;1-11-3-5-13(17-10-11)12-4-6-15-14(9-12)18-16(20-15)7-8-19-2;/h9,11,14-16,18-19,24H,6-8,10,12-13,17H2,1-5H3,(H,33,37)(H,32,35,39);6,8,11-13,15-16,21H,3-5,7,9-10,14H2,1-2H3,(H2,27,28)(H,29,32);6,8,10H,4-5,7H2,1-3H3,(H,20,21)(H,17,18,22);4,6,9,11,13,17H,3,5,7-8,10H2,1-2H3;/q;;;;+1/p-1/t18-,24+;15-,21+;;11-,13+;/m11.1./s1. The van der Waals surface area contributed by atoms with Crippen LogP contribution in [0, 0.1) is 17.8 Å². The zero-order valence-electron chi connectivity index (χ0n) is 71.5. The molecule has 0 radical (unpaired) electrons. The maximum absolute atomic E-state index is 13.6. The Morgan fingerprint density at radius 3 is 1.31 bits per heavy atom. The molecular weight excluding hydrogens is 1590 g/mol. The number of amides is 6. The van der Waals surface area contributed by atoms with Crippen molar-refractivity contribution in [2.75, 3.05) is 87.8 Å². The molecule has 121 heavy (non-hydrogen) atoms. The van der Waals surface area contributed by atoms with Crippen LogP contribution >= 0.6 is 34.0 Å². The SMILES string of the molecule is CC(C)(C)OC(=O)Nc1ncc(CC(=O)C(=O)[O-])cc1C1CC1.COCCc1nc2cc([C@@H]3CC[C@@H](C)CN3)ccc2s1.COCCc1nc2cc([C@@H]3CC[C@@H](C)CN3C(=O)C(=O)Nc3cnc(N)c(C4CC4)c3)ccc2s1.COCCc1nc2cc([C@@H]3CC[C@@H](C)CN3C(=O)C(=O)Nc3cnc(NC(=O)OC(C)(C)C)c(C4CC4)c3)ccc2s1.[Li+]. The number of carbonyl (C=O) groups is 8. The maximum atomic E-state index is 13.6. The molecule has 15 rings (SSSR count). The van der Waals surface area contributed by atoms with Crippen molar-refractivity contribution in [2.24, 2.45) is 17.8 Å². The van der Waals surface area contributed by atoms with Crippen LogP contribution in [0.25, 0.3) is 30.6 Å². The fraction of sp³-hybridized carbons (Fsp3) is 0.506. The third kappa shape index (κ3) is 26.1. The summed E-state index contributed by atoms with van der Waals surface area (Å²) in [5, 5.41) is 28.2. The monoisotopic (exact) mass is 1700 g/mol. The summed E-state index contributed by atoms with van der Waals surface area (Å²) in [4.78, 5) is 130. The summed E-state index contributed by atoms with van der Waals surface area (Å²) in [6.45, 7) is 21.4. The number of nitrogens with one attached hydrogen (secondary N) is 5. The Morgan fingerprint density at radius 1 is 0.496 bits per heavy atom. The number of hydrogen-bond donors (Lipinski definition) is 6. The van der Waals surface area contributed by atoms with Crippen molar-refractivity contribution in [1.82, 2.24) is 45.0 Å². The largest absolute Gasteiger partial charge is 1.00 e. The Hall–Kier alpha value is -9.42. The Bertz CT molecular complexity index is 5180. The number of anilines is 5. The number of fused-ring (bicyclic) bond motifs is 3. The summed E-state index contributed by atoms with van der Waals surface area (Å²) in [6, 6.07) is 24.5. The normalized spacial score (nSPS) is 19.0. The van der Waals surface area contributed by atoms with Gasteiger partial charge in [0.15, 0.2) is 5.78 Å². The molecule has 32 heteroatoms. The first-order valence-electron chi connectivity index (χ1n) is 41.5. The number of likely N-dealkylation sites (tertiary alicyclic amines) is 2. The molecule has 6 aromatic heterocycles. The smallest absolute Gasteiger partial charge is 0.542 e. The molecule has 6 atom stereocenters. The van der Waals surface area contributed by atoms with Gasteiger partial charge in [-0.15, -0.1) is 34.0 Å². The quantitative estimate of drug-likeness (QED) is 0.0271. The van der Waals surface area contributed by atoms with E-state index in [1.807, 2.05) is 18.2 Å². The van der Waals surface area contributed by atoms with Crippen LogP contribution in [0.15, 0.2) is 91.4 Å². The van der Waals surface area contributed by atoms with Gasteiger partial charge < -0.3 is 65.1 Å². The van der Waals surface area contributed by atoms with Gasteiger partial charge in [0.25, 0.3) is 0 Å². The predicted molar refractivity (Wildman–Crippen MR) is 464 cm³/mol. The molecule has 3 aliphatic heterocycles. The van der Waals surface area contributed by atoms with Crippen molar-refractivity contribution >= 4 is 141 Å². The van der Waals surface area contributed by atoms with Crippen LogP contribution in [0.5, 0.6) is 0 Å². The second-order valence-electron chi connectivity index (χ2n) is 34.2. The van der Waals surface area contributed by atoms with Crippen LogP contribution < -0.4 is 56.3 Å². The minimum Gasteiger partial charge on any atom is -0.542 e. The van der Waals surface area contributed by atoms with Crippen LogP contribution in [-0.2, 0) is 78.1 Å². The summed E-state index contributed by atoms with van der Waals surface area (Å²) in [5.74, 6) is -1.59. The topological polar surface area (TPSA) is 376 Å². The second-order valence-corrected chi connectivity index (χ2v) is 37.5. The van der Waals surface area contributed by atoms with Crippen molar-refractivity contribution in [3.8, 4) is 0 Å². The molecule has 6 amide bonds. The minimum atomic E-state index is -1.71. The van der Waals surface area contributed by atoms with E-state index < -0.39 is 58.8 Å². The first kappa shape index (κ1) is 92.3. The maximum Gasteiger partial charge on any atom is 1.00 e. The molecule has 0 unspecified atom stereocenters. The van der Waals surface area contributed by atoms with E-state index in [1.165, 1.54) is 46.7 Å². The third-order valence-electron chi connectivity index (χ3n) is 21.5. The Morgan fingerprint density at radius 2 is 0.893 bits per heavy atom. The van der Waals surface area contributed by atoms with E-state index in [4.69, 9.17) is 44.4 Å². The summed E-state index contributed by atoms with van der Waals surface area (Å²) in [7, 11) is 5.10. The number of aromatic nitrogens is 6.